The first-order valence-electron chi connectivity index (χ1n) is 4.82. The molecule has 0 atom stereocenters. The van der Waals surface area contributed by atoms with Crippen molar-refractivity contribution in [2.45, 2.75) is 11.8 Å². The summed E-state index contributed by atoms with van der Waals surface area (Å²) >= 11 is 0. The Labute approximate surface area is 103 Å². The Hall–Kier alpha value is -1.96. The molecule has 98 valence electrons. The van der Waals surface area contributed by atoms with Gasteiger partial charge in [0.2, 0.25) is 0 Å². The van der Waals surface area contributed by atoms with Gasteiger partial charge in [-0.1, -0.05) is 6.07 Å². The van der Waals surface area contributed by atoms with E-state index in [1.165, 1.54) is 6.07 Å². The molecule has 0 unspecified atom stereocenters. The van der Waals surface area contributed by atoms with Crippen LogP contribution in [0.5, 0.6) is 0 Å². The van der Waals surface area contributed by atoms with Crippen molar-refractivity contribution >= 4 is 21.5 Å². The first kappa shape index (κ1) is 14.1. The van der Waals surface area contributed by atoms with Crippen molar-refractivity contribution in [3.05, 3.63) is 33.9 Å². The number of nitro benzene ring substituents is 1. The summed E-state index contributed by atoms with van der Waals surface area (Å²) in [5, 5.41) is 10.8. The second-order valence-electron chi connectivity index (χ2n) is 3.56. The number of rotatable bonds is 4. The van der Waals surface area contributed by atoms with Crippen LogP contribution >= 0.6 is 0 Å². The monoisotopic (exact) mass is 273 g/mol. The number of hydrogen-bond acceptors (Lipinski definition) is 6. The third-order valence-corrected chi connectivity index (χ3v) is 3.81. The predicted octanol–water partition coefficient (Wildman–Crippen LogP) is 0.850. The van der Waals surface area contributed by atoms with Gasteiger partial charge in [0.25, 0.3) is 5.69 Å². The van der Waals surface area contributed by atoms with Gasteiger partial charge in [0, 0.05) is 6.07 Å². The highest BCUT2D eigenvalue weighted by atomic mass is 32.2. The van der Waals surface area contributed by atoms with Gasteiger partial charge in [-0.15, -0.1) is 0 Å². The van der Waals surface area contributed by atoms with Gasteiger partial charge in [-0.2, -0.15) is 0 Å². The van der Waals surface area contributed by atoms with Gasteiger partial charge in [0.05, 0.1) is 12.0 Å². The summed E-state index contributed by atoms with van der Waals surface area (Å²) in [6, 6.07) is 3.69. The molecule has 0 aliphatic heterocycles. The van der Waals surface area contributed by atoms with E-state index in [0.29, 0.717) is 5.56 Å². The van der Waals surface area contributed by atoms with E-state index in [1.54, 1.807) is 6.92 Å². The molecule has 0 saturated heterocycles. The first-order chi connectivity index (χ1) is 8.27. The molecule has 0 amide bonds. The van der Waals surface area contributed by atoms with Crippen LogP contribution in [0.2, 0.25) is 0 Å². The highest BCUT2D eigenvalue weighted by molar-refractivity contribution is 7.92. The lowest BCUT2D eigenvalue weighted by Crippen LogP contribution is -2.18. The molecule has 8 heteroatoms. The van der Waals surface area contributed by atoms with Gasteiger partial charge >= 0.3 is 5.97 Å². The van der Waals surface area contributed by atoms with Crippen molar-refractivity contribution in [3.63, 3.8) is 0 Å². The summed E-state index contributed by atoms with van der Waals surface area (Å²) in [6.07, 6.45) is 0. The summed E-state index contributed by atoms with van der Waals surface area (Å²) in [6.45, 7) is 1.60. The SMILES string of the molecule is COC(=O)CS(=O)(=O)c1ccc(C)cc1[N+](=O)[O-]. The van der Waals surface area contributed by atoms with E-state index in [4.69, 9.17) is 0 Å². The third kappa shape index (κ3) is 3.04. The molecule has 0 saturated carbocycles. The van der Waals surface area contributed by atoms with Crippen LogP contribution in [-0.4, -0.2) is 32.2 Å². The van der Waals surface area contributed by atoms with Crippen LogP contribution in [0.1, 0.15) is 5.56 Å². The van der Waals surface area contributed by atoms with Crippen LogP contribution in [0.3, 0.4) is 0 Å². The van der Waals surface area contributed by atoms with E-state index < -0.39 is 37.1 Å². The van der Waals surface area contributed by atoms with E-state index in [0.717, 1.165) is 19.2 Å². The molecule has 0 N–H and O–H groups in total. The molecule has 1 rings (SSSR count). The van der Waals surface area contributed by atoms with Crippen LogP contribution in [-0.2, 0) is 19.4 Å². The van der Waals surface area contributed by atoms with E-state index >= 15 is 0 Å². The van der Waals surface area contributed by atoms with Crippen molar-refractivity contribution in [1.29, 1.82) is 0 Å². The number of aryl methyl sites for hydroxylation is 1. The van der Waals surface area contributed by atoms with Crippen molar-refractivity contribution in [1.82, 2.24) is 0 Å². The Bertz CT molecular complexity index is 592. The molecule has 0 bridgehead atoms. The van der Waals surface area contributed by atoms with Gasteiger partial charge in [-0.3, -0.25) is 14.9 Å². The summed E-state index contributed by atoms with van der Waals surface area (Å²) in [5.41, 5.74) is 0.0117. The van der Waals surface area contributed by atoms with E-state index in [2.05, 4.69) is 4.74 Å². The smallest absolute Gasteiger partial charge is 0.321 e. The average Bonchev–Trinajstić information content (AvgIpc) is 2.27. The number of nitro groups is 1. The molecule has 0 aromatic heterocycles. The summed E-state index contributed by atoms with van der Waals surface area (Å²) < 4.78 is 27.9. The average molecular weight is 273 g/mol. The molecular weight excluding hydrogens is 262 g/mol. The van der Waals surface area contributed by atoms with Crippen molar-refractivity contribution in [3.8, 4) is 0 Å². The van der Waals surface area contributed by atoms with Gasteiger partial charge in [0.15, 0.2) is 15.6 Å². The topological polar surface area (TPSA) is 104 Å². The first-order valence-corrected chi connectivity index (χ1v) is 6.48. The van der Waals surface area contributed by atoms with Gasteiger partial charge in [-0.05, 0) is 18.6 Å². The highest BCUT2D eigenvalue weighted by Crippen LogP contribution is 2.25. The molecule has 0 aliphatic rings. The zero-order chi connectivity index (χ0) is 13.9. The number of benzene rings is 1. The lowest BCUT2D eigenvalue weighted by atomic mass is 10.2. The van der Waals surface area contributed by atoms with Crippen molar-refractivity contribution < 1.29 is 22.9 Å². The minimum Gasteiger partial charge on any atom is -0.468 e. The quantitative estimate of drug-likeness (QED) is 0.457. The van der Waals surface area contributed by atoms with Gasteiger partial charge in [0.1, 0.15) is 4.90 Å². The number of hydrogen-bond donors (Lipinski definition) is 0. The fourth-order valence-corrected chi connectivity index (χ4v) is 2.64. The highest BCUT2D eigenvalue weighted by Gasteiger charge is 2.28. The Balaban J connectivity index is 3.32. The maximum Gasteiger partial charge on any atom is 0.321 e. The number of esters is 1. The fourth-order valence-electron chi connectivity index (χ4n) is 1.32. The fraction of sp³-hybridized carbons (Fsp3) is 0.300. The van der Waals surface area contributed by atoms with Crippen molar-refractivity contribution in [2.75, 3.05) is 12.9 Å². The number of nitrogens with zero attached hydrogens (tertiary/aromatic N) is 1. The summed E-state index contributed by atoms with van der Waals surface area (Å²) in [4.78, 5) is 20.5. The minimum atomic E-state index is -4.08. The number of sulfone groups is 1. The Kier molecular flexibility index (Phi) is 4.02. The lowest BCUT2D eigenvalue weighted by molar-refractivity contribution is -0.387. The van der Waals surface area contributed by atoms with E-state index in [9.17, 15) is 23.3 Å². The zero-order valence-electron chi connectivity index (χ0n) is 9.74. The maximum absolute atomic E-state index is 11.8. The standard InChI is InChI=1S/C10H11NO6S/c1-7-3-4-9(8(5-7)11(13)14)18(15,16)6-10(12)17-2/h3-5H,6H2,1-2H3. The molecule has 0 radical (unpaired) electrons. The summed E-state index contributed by atoms with van der Waals surface area (Å²) in [5.74, 6) is -1.89. The molecule has 1 aromatic rings. The minimum absolute atomic E-state index is 0.483. The van der Waals surface area contributed by atoms with Crippen LogP contribution in [0.4, 0.5) is 5.69 Å². The van der Waals surface area contributed by atoms with Crippen molar-refractivity contribution in [2.24, 2.45) is 0 Å². The van der Waals surface area contributed by atoms with Crippen LogP contribution in [0.15, 0.2) is 23.1 Å². The Morgan fingerprint density at radius 1 is 1.44 bits per heavy atom. The lowest BCUT2D eigenvalue weighted by Gasteiger charge is -2.05. The molecule has 0 heterocycles. The molecule has 0 aliphatic carbocycles. The second-order valence-corrected chi connectivity index (χ2v) is 5.52. The number of ether oxygens (including phenoxy) is 1. The molecule has 18 heavy (non-hydrogen) atoms. The molecular formula is C10H11NO6S. The van der Waals surface area contributed by atoms with E-state index in [-0.39, 0.29) is 0 Å². The zero-order valence-corrected chi connectivity index (χ0v) is 10.6. The third-order valence-electron chi connectivity index (χ3n) is 2.18. The van der Waals surface area contributed by atoms with E-state index in [1.807, 2.05) is 0 Å². The van der Waals surface area contributed by atoms with Crippen LogP contribution in [0.25, 0.3) is 0 Å². The van der Waals surface area contributed by atoms with Gasteiger partial charge < -0.3 is 4.74 Å². The summed E-state index contributed by atoms with van der Waals surface area (Å²) in [7, 11) is -3.04. The van der Waals surface area contributed by atoms with Crippen LogP contribution in [0, 0.1) is 17.0 Å². The molecule has 0 spiro atoms. The molecule has 1 aromatic carbocycles. The molecule has 0 fully saturated rings. The maximum atomic E-state index is 11.8. The number of carbonyl (C=O) groups is 1. The number of carbonyl (C=O) groups excluding carboxylic acids is 1. The second kappa shape index (κ2) is 5.13. The predicted molar refractivity (Wildman–Crippen MR) is 61.9 cm³/mol. The molecule has 7 nitrogen and oxygen atoms in total. The largest absolute Gasteiger partial charge is 0.468 e. The normalized spacial score (nSPS) is 11.0. The Morgan fingerprint density at radius 3 is 2.56 bits per heavy atom. The number of methoxy groups -OCH3 is 1. The van der Waals surface area contributed by atoms with Gasteiger partial charge in [-0.25, -0.2) is 8.42 Å². The van der Waals surface area contributed by atoms with Crippen LogP contribution < -0.4 is 0 Å². The Morgan fingerprint density at radius 2 is 2.06 bits per heavy atom.